The summed E-state index contributed by atoms with van der Waals surface area (Å²) < 4.78 is 38.9. The molecule has 0 aliphatic heterocycles. The number of nitrogens with one attached hydrogen (secondary N) is 1. The molecule has 8 nitrogen and oxygen atoms in total. The molecule has 0 amide bonds. The van der Waals surface area contributed by atoms with E-state index in [-0.39, 0.29) is 6.54 Å². The first-order valence-corrected chi connectivity index (χ1v) is 5.99. The fraction of sp³-hybridized carbons (Fsp3) is 1.00. The molecule has 0 saturated heterocycles. The average molecular weight is 259 g/mol. The van der Waals surface area contributed by atoms with Crippen LogP contribution in [0.3, 0.4) is 0 Å². The molecular formula is C7H17NO7S. The molecule has 98 valence electrons. The van der Waals surface area contributed by atoms with Crippen LogP contribution in [0.2, 0.25) is 0 Å². The van der Waals surface area contributed by atoms with E-state index in [0.717, 1.165) is 0 Å². The highest BCUT2D eigenvalue weighted by molar-refractivity contribution is 7.85. The van der Waals surface area contributed by atoms with Crippen molar-refractivity contribution in [1.82, 2.24) is 5.32 Å². The fourth-order valence-electron chi connectivity index (χ4n) is 0.988. The van der Waals surface area contributed by atoms with E-state index < -0.39 is 34.5 Å². The number of aliphatic hydroxyl groups excluding tert-OH is 2. The van der Waals surface area contributed by atoms with Crippen LogP contribution >= 0.6 is 0 Å². The van der Waals surface area contributed by atoms with Gasteiger partial charge in [-0.1, -0.05) is 0 Å². The standard InChI is InChI=1S/C7H17NO7S/c1-14-7(5-9,15-2)8-3-6(10)4-16(11,12)13/h6,8-10H,3-5H2,1-2H3,(H,11,12,13). The molecule has 1 unspecified atom stereocenters. The maximum atomic E-state index is 10.4. The Hall–Kier alpha value is -0.290. The van der Waals surface area contributed by atoms with Gasteiger partial charge in [-0.3, -0.25) is 9.87 Å². The minimum atomic E-state index is -4.25. The van der Waals surface area contributed by atoms with Crippen molar-refractivity contribution < 1.29 is 32.7 Å². The van der Waals surface area contributed by atoms with Crippen LogP contribution in [0.25, 0.3) is 0 Å². The van der Waals surface area contributed by atoms with Crippen LogP contribution in [-0.2, 0) is 19.6 Å². The van der Waals surface area contributed by atoms with Crippen LogP contribution in [0, 0.1) is 0 Å². The molecule has 4 N–H and O–H groups in total. The highest BCUT2D eigenvalue weighted by Gasteiger charge is 2.29. The Morgan fingerprint density at radius 1 is 1.38 bits per heavy atom. The lowest BCUT2D eigenvalue weighted by molar-refractivity contribution is -0.248. The molecule has 0 saturated carbocycles. The van der Waals surface area contributed by atoms with Gasteiger partial charge < -0.3 is 19.7 Å². The summed E-state index contributed by atoms with van der Waals surface area (Å²) in [7, 11) is -1.71. The normalized spacial score (nSPS) is 15.1. The number of hydrogen-bond donors (Lipinski definition) is 4. The first-order chi connectivity index (χ1) is 7.28. The van der Waals surface area contributed by atoms with Crippen LogP contribution in [0.5, 0.6) is 0 Å². The second-order valence-electron chi connectivity index (χ2n) is 3.10. The van der Waals surface area contributed by atoms with Gasteiger partial charge in [-0.2, -0.15) is 8.42 Å². The Kier molecular flexibility index (Phi) is 6.33. The molecule has 0 heterocycles. The summed E-state index contributed by atoms with van der Waals surface area (Å²) in [6, 6.07) is 0. The van der Waals surface area contributed by atoms with Crippen molar-refractivity contribution >= 4 is 10.1 Å². The van der Waals surface area contributed by atoms with E-state index >= 15 is 0 Å². The lowest BCUT2D eigenvalue weighted by Crippen LogP contribution is -2.54. The van der Waals surface area contributed by atoms with Crippen molar-refractivity contribution in [2.24, 2.45) is 0 Å². The second-order valence-corrected chi connectivity index (χ2v) is 4.60. The third-order valence-electron chi connectivity index (χ3n) is 1.88. The van der Waals surface area contributed by atoms with E-state index in [1.807, 2.05) is 0 Å². The minimum absolute atomic E-state index is 0.234. The van der Waals surface area contributed by atoms with Gasteiger partial charge in [-0.15, -0.1) is 0 Å². The highest BCUT2D eigenvalue weighted by Crippen LogP contribution is 2.05. The van der Waals surface area contributed by atoms with Crippen molar-refractivity contribution in [3.05, 3.63) is 0 Å². The van der Waals surface area contributed by atoms with E-state index in [9.17, 15) is 13.5 Å². The molecular weight excluding hydrogens is 242 g/mol. The third-order valence-corrected chi connectivity index (χ3v) is 2.68. The lowest BCUT2D eigenvalue weighted by Gasteiger charge is -2.30. The van der Waals surface area contributed by atoms with Gasteiger partial charge >= 0.3 is 0 Å². The van der Waals surface area contributed by atoms with E-state index in [1.54, 1.807) is 0 Å². The zero-order valence-electron chi connectivity index (χ0n) is 9.08. The Bertz CT molecular complexity index is 279. The topological polar surface area (TPSA) is 125 Å². The summed E-state index contributed by atoms with van der Waals surface area (Å²) in [5.41, 5.74) is 0. The maximum Gasteiger partial charge on any atom is 0.267 e. The predicted octanol–water partition coefficient (Wildman–Crippen LogP) is -2.24. The Balaban J connectivity index is 4.21. The summed E-state index contributed by atoms with van der Waals surface area (Å²) in [4.78, 5) is 0. The fourth-order valence-corrected chi connectivity index (χ4v) is 1.59. The van der Waals surface area contributed by atoms with E-state index in [1.165, 1.54) is 14.2 Å². The number of rotatable bonds is 8. The zero-order valence-corrected chi connectivity index (χ0v) is 9.90. The van der Waals surface area contributed by atoms with Crippen molar-refractivity contribution in [3.8, 4) is 0 Å². The van der Waals surface area contributed by atoms with E-state index in [0.29, 0.717) is 0 Å². The van der Waals surface area contributed by atoms with Crippen LogP contribution in [-0.4, -0.2) is 68.3 Å². The maximum absolute atomic E-state index is 10.4. The summed E-state index contributed by atoms with van der Waals surface area (Å²) in [5, 5.41) is 20.7. The van der Waals surface area contributed by atoms with Crippen LogP contribution in [0.15, 0.2) is 0 Å². The van der Waals surface area contributed by atoms with Gasteiger partial charge in [-0.05, 0) is 0 Å². The minimum Gasteiger partial charge on any atom is -0.391 e. The molecule has 0 aromatic heterocycles. The third kappa shape index (κ3) is 5.70. The molecule has 0 spiro atoms. The van der Waals surface area contributed by atoms with Gasteiger partial charge in [0.2, 0.25) is 0 Å². The van der Waals surface area contributed by atoms with Crippen molar-refractivity contribution in [3.63, 3.8) is 0 Å². The quantitative estimate of drug-likeness (QED) is 0.285. The average Bonchev–Trinajstić information content (AvgIpc) is 2.18. The van der Waals surface area contributed by atoms with Crippen LogP contribution in [0.4, 0.5) is 0 Å². The Labute approximate surface area is 93.9 Å². The van der Waals surface area contributed by atoms with Crippen molar-refractivity contribution in [2.45, 2.75) is 12.0 Å². The second kappa shape index (κ2) is 6.45. The van der Waals surface area contributed by atoms with E-state index in [4.69, 9.17) is 19.1 Å². The highest BCUT2D eigenvalue weighted by atomic mass is 32.2. The molecule has 1 atom stereocenters. The molecule has 0 aromatic rings. The van der Waals surface area contributed by atoms with Gasteiger partial charge in [0.1, 0.15) is 12.4 Å². The van der Waals surface area contributed by atoms with Gasteiger partial charge in [0.05, 0.1) is 6.10 Å². The molecule has 0 aliphatic carbocycles. The number of methoxy groups -OCH3 is 2. The monoisotopic (exact) mass is 259 g/mol. The lowest BCUT2D eigenvalue weighted by atomic mass is 10.3. The summed E-state index contributed by atoms with van der Waals surface area (Å²) in [6.45, 7) is -0.763. The first kappa shape index (κ1) is 15.7. The summed E-state index contributed by atoms with van der Waals surface area (Å²) in [6.07, 6.45) is -1.34. The smallest absolute Gasteiger partial charge is 0.267 e. The van der Waals surface area contributed by atoms with Crippen LogP contribution < -0.4 is 5.32 Å². The summed E-state index contributed by atoms with van der Waals surface area (Å²) >= 11 is 0. The van der Waals surface area contributed by atoms with E-state index in [2.05, 4.69) is 5.32 Å². The molecule has 0 aromatic carbocycles. The number of ether oxygens (including phenoxy) is 2. The van der Waals surface area contributed by atoms with Gasteiger partial charge in [-0.25, -0.2) is 0 Å². The molecule has 0 radical (unpaired) electrons. The molecule has 0 fully saturated rings. The summed E-state index contributed by atoms with van der Waals surface area (Å²) in [5.74, 6) is -2.31. The molecule has 0 rings (SSSR count). The molecule has 0 bridgehead atoms. The SMILES string of the molecule is COC(CO)(NCC(O)CS(=O)(=O)O)OC. The molecule has 0 aliphatic rings. The van der Waals surface area contributed by atoms with Gasteiger partial charge in [0.25, 0.3) is 16.0 Å². The largest absolute Gasteiger partial charge is 0.391 e. The first-order valence-electron chi connectivity index (χ1n) is 4.38. The van der Waals surface area contributed by atoms with Crippen molar-refractivity contribution in [1.29, 1.82) is 0 Å². The zero-order chi connectivity index (χ0) is 12.8. The van der Waals surface area contributed by atoms with Gasteiger partial charge in [0.15, 0.2) is 0 Å². The van der Waals surface area contributed by atoms with Crippen LogP contribution in [0.1, 0.15) is 0 Å². The Morgan fingerprint density at radius 2 is 1.88 bits per heavy atom. The van der Waals surface area contributed by atoms with Gasteiger partial charge in [0, 0.05) is 20.8 Å². The van der Waals surface area contributed by atoms with Crippen molar-refractivity contribution in [2.75, 3.05) is 33.1 Å². The predicted molar refractivity (Wildman–Crippen MR) is 54.3 cm³/mol. The number of aliphatic hydroxyl groups is 2. The Morgan fingerprint density at radius 3 is 2.19 bits per heavy atom. The molecule has 16 heavy (non-hydrogen) atoms. The number of hydrogen-bond acceptors (Lipinski definition) is 7. The molecule has 9 heteroatoms.